The first-order chi connectivity index (χ1) is 8.76. The minimum atomic E-state index is 0. The monoisotopic (exact) mass is 481 g/mol. The molecule has 0 spiro atoms. The largest absolute Gasteiger partial charge is 2.00 e. The van der Waals surface area contributed by atoms with Crippen molar-refractivity contribution in [2.24, 2.45) is 0 Å². The van der Waals surface area contributed by atoms with Crippen LogP contribution in [0.1, 0.15) is 50.7 Å². The average Bonchev–Trinajstić information content (AvgIpc) is 2.42. The third-order valence-corrected chi connectivity index (χ3v) is 4.26. The Morgan fingerprint density at radius 2 is 1.74 bits per heavy atom. The fraction of sp³-hybridized carbons (Fsp3) is 0.529. The maximum absolute atomic E-state index is 4.15. The first kappa shape index (κ1) is 17.0. The Hall–Kier alpha value is -0.0281. The third kappa shape index (κ3) is 4.22. The summed E-state index contributed by atoms with van der Waals surface area (Å²) in [4.78, 5) is 2.66. The predicted octanol–water partition coefficient (Wildman–Crippen LogP) is 4.08. The van der Waals surface area contributed by atoms with Crippen LogP contribution in [-0.2, 0) is 0 Å². The van der Waals surface area contributed by atoms with Gasteiger partial charge in [0.25, 0.3) is 0 Å². The Morgan fingerprint density at radius 1 is 1.16 bits per heavy atom. The number of hydrogen-bond donors (Lipinski definition) is 0. The second-order valence-electron chi connectivity index (χ2n) is 5.27. The Labute approximate surface area is 142 Å². The second-order valence-corrected chi connectivity index (χ2v) is 5.27. The van der Waals surface area contributed by atoms with E-state index in [4.69, 9.17) is 0 Å². The Bertz CT molecular complexity index is 365. The summed E-state index contributed by atoms with van der Waals surface area (Å²) in [6, 6.07) is 9.33. The Balaban J connectivity index is 0.00000180. The van der Waals surface area contributed by atoms with E-state index in [-0.39, 0.29) is 31.1 Å². The number of nitrogens with zero attached hydrogens (tertiary/aromatic N) is 1. The summed E-state index contributed by atoms with van der Waals surface area (Å²) in [5, 5.41) is 0. The molecule has 1 nitrogen and oxygen atoms in total. The van der Waals surface area contributed by atoms with Gasteiger partial charge in [0.05, 0.1) is 0 Å². The van der Waals surface area contributed by atoms with Gasteiger partial charge in [0.15, 0.2) is 0 Å². The molecule has 1 saturated heterocycles. The van der Waals surface area contributed by atoms with Crippen molar-refractivity contribution in [3.8, 4) is 0 Å². The number of likely N-dealkylation sites (tertiary alicyclic amines) is 1. The van der Waals surface area contributed by atoms with Crippen LogP contribution in [0.15, 0.2) is 24.3 Å². The first-order valence-electron chi connectivity index (χ1n) is 7.26. The summed E-state index contributed by atoms with van der Waals surface area (Å²) in [7, 11) is 0. The summed E-state index contributed by atoms with van der Waals surface area (Å²) < 4.78 is 0. The molecule has 1 aromatic carbocycles. The van der Waals surface area contributed by atoms with Gasteiger partial charge in [-0.2, -0.15) is 0 Å². The SMILES string of the molecule is [CH2-]c1ccccc1[C-]1CCN(C(CC)CC)CC1.[U+2]. The molecule has 1 aliphatic heterocycles. The van der Waals surface area contributed by atoms with Gasteiger partial charge in [0.1, 0.15) is 0 Å². The molecule has 0 atom stereocenters. The van der Waals surface area contributed by atoms with Crippen molar-refractivity contribution in [1.29, 1.82) is 0 Å². The number of piperidine rings is 1. The van der Waals surface area contributed by atoms with Crippen molar-refractivity contribution in [3.05, 3.63) is 48.2 Å². The van der Waals surface area contributed by atoms with Crippen LogP contribution in [0.25, 0.3) is 0 Å². The Morgan fingerprint density at radius 3 is 2.26 bits per heavy atom. The molecule has 1 aromatic rings. The quantitative estimate of drug-likeness (QED) is 0.587. The molecule has 2 rings (SSSR count). The van der Waals surface area contributed by atoms with Crippen molar-refractivity contribution in [2.75, 3.05) is 13.1 Å². The summed E-state index contributed by atoms with van der Waals surface area (Å²) >= 11 is 0. The van der Waals surface area contributed by atoms with Crippen LogP contribution in [0, 0.1) is 44.0 Å². The molecule has 0 saturated carbocycles. The zero-order chi connectivity index (χ0) is 13.0. The molecular weight excluding hydrogens is 456 g/mol. The standard InChI is InChI=1S/C17H25N.U/c1-4-16(5-2)18-12-10-15(11-13-18)17-9-7-6-8-14(17)3;/h6-9,16H,3-5,10-13H2,1-2H3;/q-2;+2. The van der Waals surface area contributed by atoms with Crippen LogP contribution in [-0.4, -0.2) is 24.0 Å². The van der Waals surface area contributed by atoms with E-state index in [1.54, 1.807) is 5.92 Å². The van der Waals surface area contributed by atoms with Gasteiger partial charge in [0, 0.05) is 6.04 Å². The topological polar surface area (TPSA) is 3.24 Å². The van der Waals surface area contributed by atoms with Crippen LogP contribution in [0.5, 0.6) is 0 Å². The van der Waals surface area contributed by atoms with E-state index in [0.717, 1.165) is 6.04 Å². The normalized spacial score (nSPS) is 16.5. The number of benzene rings is 1. The summed E-state index contributed by atoms with van der Waals surface area (Å²) in [5.41, 5.74) is 2.57. The van der Waals surface area contributed by atoms with Gasteiger partial charge < -0.3 is 4.90 Å². The predicted molar refractivity (Wildman–Crippen MR) is 78.4 cm³/mol. The molecule has 0 bridgehead atoms. The first-order valence-corrected chi connectivity index (χ1v) is 7.26. The van der Waals surface area contributed by atoms with Crippen molar-refractivity contribution in [1.82, 2.24) is 4.90 Å². The Kier molecular flexibility index (Phi) is 7.44. The molecule has 2 heteroatoms. The van der Waals surface area contributed by atoms with Crippen molar-refractivity contribution >= 4 is 0 Å². The summed E-state index contributed by atoms with van der Waals surface area (Å²) in [6.45, 7) is 11.2. The van der Waals surface area contributed by atoms with E-state index in [1.807, 2.05) is 0 Å². The second kappa shape index (κ2) is 8.30. The average molecular weight is 481 g/mol. The molecular formula is C17H25NU. The van der Waals surface area contributed by atoms with Gasteiger partial charge in [0.2, 0.25) is 0 Å². The summed E-state index contributed by atoms with van der Waals surface area (Å²) in [6.07, 6.45) is 4.97. The molecule has 1 fully saturated rings. The van der Waals surface area contributed by atoms with E-state index in [0.29, 0.717) is 0 Å². The minimum absolute atomic E-state index is 0. The van der Waals surface area contributed by atoms with Crippen molar-refractivity contribution < 1.29 is 31.1 Å². The molecule has 0 amide bonds. The minimum Gasteiger partial charge on any atom is -0.302 e. The van der Waals surface area contributed by atoms with Gasteiger partial charge in [-0.15, -0.1) is 12.1 Å². The summed E-state index contributed by atoms with van der Waals surface area (Å²) in [5.74, 6) is 1.60. The molecule has 0 N–H and O–H groups in total. The number of rotatable bonds is 4. The molecule has 0 aromatic heterocycles. The molecule has 0 aliphatic carbocycles. The number of hydrogen-bond acceptors (Lipinski definition) is 1. The van der Waals surface area contributed by atoms with Crippen LogP contribution >= 0.6 is 0 Å². The fourth-order valence-corrected chi connectivity index (χ4v) is 3.10. The van der Waals surface area contributed by atoms with E-state index in [2.05, 4.69) is 49.9 Å². The van der Waals surface area contributed by atoms with Crippen LogP contribution < -0.4 is 0 Å². The van der Waals surface area contributed by atoms with Crippen LogP contribution in [0.4, 0.5) is 0 Å². The van der Waals surface area contributed by atoms with E-state index >= 15 is 0 Å². The zero-order valence-corrected chi connectivity index (χ0v) is 16.4. The molecule has 0 radical (unpaired) electrons. The van der Waals surface area contributed by atoms with Gasteiger partial charge in [-0.1, -0.05) is 26.7 Å². The van der Waals surface area contributed by atoms with Gasteiger partial charge in [-0.25, -0.2) is 18.1 Å². The van der Waals surface area contributed by atoms with Gasteiger partial charge in [-0.05, 0) is 25.9 Å². The fourth-order valence-electron chi connectivity index (χ4n) is 3.10. The van der Waals surface area contributed by atoms with Gasteiger partial charge in [-0.3, -0.25) is 18.1 Å². The maximum Gasteiger partial charge on any atom is 2.00 e. The zero-order valence-electron chi connectivity index (χ0n) is 12.3. The molecule has 1 aliphatic rings. The smallest absolute Gasteiger partial charge is 0.302 e. The molecule has 19 heavy (non-hydrogen) atoms. The van der Waals surface area contributed by atoms with Crippen LogP contribution in [0.2, 0.25) is 0 Å². The van der Waals surface area contributed by atoms with E-state index < -0.39 is 0 Å². The third-order valence-electron chi connectivity index (χ3n) is 4.26. The van der Waals surface area contributed by atoms with Crippen molar-refractivity contribution in [3.63, 3.8) is 0 Å². The van der Waals surface area contributed by atoms with Gasteiger partial charge >= 0.3 is 31.1 Å². The van der Waals surface area contributed by atoms with Crippen LogP contribution in [0.3, 0.4) is 0 Å². The van der Waals surface area contributed by atoms with Crippen molar-refractivity contribution in [2.45, 2.75) is 45.6 Å². The molecule has 102 valence electrons. The molecule has 0 unspecified atom stereocenters. The maximum atomic E-state index is 4.15. The van der Waals surface area contributed by atoms with E-state index in [1.165, 1.54) is 49.9 Å². The molecule has 1 heterocycles. The van der Waals surface area contributed by atoms with E-state index in [9.17, 15) is 0 Å².